The van der Waals surface area contributed by atoms with Crippen LogP contribution in [0.1, 0.15) is 19.3 Å². The van der Waals surface area contributed by atoms with Crippen LogP contribution in [0.4, 0.5) is 11.6 Å². The summed E-state index contributed by atoms with van der Waals surface area (Å²) < 4.78 is 10.7. The Kier molecular flexibility index (Phi) is 4.19. The number of methoxy groups -OCH3 is 2. The molecule has 1 saturated carbocycles. The van der Waals surface area contributed by atoms with Crippen LogP contribution in [0, 0.1) is 0 Å². The molecule has 1 fully saturated rings. The summed E-state index contributed by atoms with van der Waals surface area (Å²) in [6.07, 6.45) is 5.04. The Labute approximate surface area is 107 Å². The number of aromatic nitrogens is 2. The Bertz CT molecular complexity index is 400. The lowest BCUT2D eigenvalue weighted by molar-refractivity contribution is 0.108. The molecule has 2 rings (SSSR count). The van der Waals surface area contributed by atoms with Gasteiger partial charge in [0.25, 0.3) is 0 Å². The van der Waals surface area contributed by atoms with E-state index in [1.54, 1.807) is 14.2 Å². The average molecular weight is 252 g/mol. The molecule has 6 nitrogen and oxygen atoms in total. The zero-order valence-electron chi connectivity index (χ0n) is 11.1. The van der Waals surface area contributed by atoms with Crippen LogP contribution in [0.25, 0.3) is 0 Å². The van der Waals surface area contributed by atoms with Crippen LogP contribution in [-0.4, -0.2) is 43.4 Å². The maximum absolute atomic E-state index is 5.36. The molecule has 2 unspecified atom stereocenters. The summed E-state index contributed by atoms with van der Waals surface area (Å²) in [4.78, 5) is 8.37. The maximum atomic E-state index is 5.36. The number of nitrogens with one attached hydrogen (secondary N) is 2. The Hall–Kier alpha value is -1.56. The van der Waals surface area contributed by atoms with E-state index in [-0.39, 0.29) is 0 Å². The van der Waals surface area contributed by atoms with Gasteiger partial charge in [0.2, 0.25) is 5.75 Å². The van der Waals surface area contributed by atoms with Gasteiger partial charge in [-0.05, 0) is 19.3 Å². The fourth-order valence-electron chi connectivity index (χ4n) is 2.33. The molecule has 0 aliphatic heterocycles. The van der Waals surface area contributed by atoms with Crippen LogP contribution in [0.3, 0.4) is 0 Å². The first-order valence-electron chi connectivity index (χ1n) is 6.14. The molecule has 0 saturated heterocycles. The van der Waals surface area contributed by atoms with Crippen LogP contribution in [0.5, 0.6) is 5.75 Å². The van der Waals surface area contributed by atoms with Gasteiger partial charge in [-0.15, -0.1) is 0 Å². The predicted molar refractivity (Wildman–Crippen MR) is 70.2 cm³/mol. The van der Waals surface area contributed by atoms with Crippen molar-refractivity contribution in [2.45, 2.75) is 31.4 Å². The normalized spacial score (nSPS) is 22.8. The molecule has 0 spiro atoms. The lowest BCUT2D eigenvalue weighted by Crippen LogP contribution is -2.19. The summed E-state index contributed by atoms with van der Waals surface area (Å²) in [5, 5.41) is 6.39. The summed E-state index contributed by atoms with van der Waals surface area (Å²) in [5.74, 6) is 2.08. The molecule has 0 radical (unpaired) electrons. The number of ether oxygens (including phenoxy) is 2. The van der Waals surface area contributed by atoms with Crippen molar-refractivity contribution < 1.29 is 9.47 Å². The van der Waals surface area contributed by atoms with Crippen LogP contribution < -0.4 is 15.4 Å². The molecule has 0 amide bonds. The van der Waals surface area contributed by atoms with E-state index in [4.69, 9.17) is 9.47 Å². The van der Waals surface area contributed by atoms with Crippen LogP contribution in [0.15, 0.2) is 6.33 Å². The Morgan fingerprint density at radius 2 is 2.00 bits per heavy atom. The standard InChI is InChI=1S/C12H20N4O2/c1-13-11-10(18-3)12(15-7-14-11)16-8-4-5-9(6-8)17-2/h7-9H,4-6H2,1-3H3,(H2,13,14,15,16). The SMILES string of the molecule is CNc1ncnc(NC2CCC(OC)C2)c1OC. The van der Waals surface area contributed by atoms with Crippen LogP contribution in [-0.2, 0) is 4.74 Å². The smallest absolute Gasteiger partial charge is 0.204 e. The lowest BCUT2D eigenvalue weighted by Gasteiger charge is -2.17. The molecular weight excluding hydrogens is 232 g/mol. The second kappa shape index (κ2) is 5.86. The maximum Gasteiger partial charge on any atom is 0.204 e. The largest absolute Gasteiger partial charge is 0.490 e. The van der Waals surface area contributed by atoms with Crippen molar-refractivity contribution >= 4 is 11.6 Å². The van der Waals surface area contributed by atoms with Crippen molar-refractivity contribution in [1.29, 1.82) is 0 Å². The van der Waals surface area contributed by atoms with Crippen molar-refractivity contribution in [3.8, 4) is 5.75 Å². The molecule has 1 heterocycles. The molecule has 0 bridgehead atoms. The molecule has 1 aromatic heterocycles. The minimum atomic E-state index is 0.346. The highest BCUT2D eigenvalue weighted by molar-refractivity contribution is 5.63. The van der Waals surface area contributed by atoms with Crippen LogP contribution in [0.2, 0.25) is 0 Å². The first kappa shape index (κ1) is 12.9. The Morgan fingerprint density at radius 3 is 2.61 bits per heavy atom. The molecule has 2 atom stereocenters. The first-order chi connectivity index (χ1) is 8.78. The third kappa shape index (κ3) is 2.64. The first-order valence-corrected chi connectivity index (χ1v) is 6.14. The van der Waals surface area contributed by atoms with E-state index in [2.05, 4.69) is 20.6 Å². The fourth-order valence-corrected chi connectivity index (χ4v) is 2.33. The van der Waals surface area contributed by atoms with Crippen molar-refractivity contribution in [2.75, 3.05) is 31.9 Å². The van der Waals surface area contributed by atoms with E-state index in [1.165, 1.54) is 6.33 Å². The molecule has 6 heteroatoms. The number of nitrogens with zero attached hydrogens (tertiary/aromatic N) is 2. The highest BCUT2D eigenvalue weighted by atomic mass is 16.5. The number of hydrogen-bond donors (Lipinski definition) is 2. The second-order valence-corrected chi connectivity index (χ2v) is 4.37. The van der Waals surface area contributed by atoms with E-state index in [9.17, 15) is 0 Å². The molecule has 1 aromatic rings. The molecule has 0 aromatic carbocycles. The summed E-state index contributed by atoms with van der Waals surface area (Å²) in [6.45, 7) is 0. The van der Waals surface area contributed by atoms with Gasteiger partial charge in [-0.1, -0.05) is 0 Å². The topological polar surface area (TPSA) is 68.3 Å². The zero-order valence-corrected chi connectivity index (χ0v) is 11.1. The average Bonchev–Trinajstić information content (AvgIpc) is 2.86. The summed E-state index contributed by atoms with van der Waals surface area (Å²) in [6, 6.07) is 0.378. The molecule has 18 heavy (non-hydrogen) atoms. The minimum absolute atomic E-state index is 0.346. The van der Waals surface area contributed by atoms with Gasteiger partial charge in [0.05, 0.1) is 13.2 Å². The van der Waals surface area contributed by atoms with Crippen LogP contribution >= 0.6 is 0 Å². The fraction of sp³-hybridized carbons (Fsp3) is 0.667. The number of hydrogen-bond acceptors (Lipinski definition) is 6. The molecule has 1 aliphatic rings. The van der Waals surface area contributed by atoms with Crippen molar-refractivity contribution in [1.82, 2.24) is 9.97 Å². The third-order valence-electron chi connectivity index (χ3n) is 3.30. The highest BCUT2D eigenvalue weighted by Gasteiger charge is 2.25. The van der Waals surface area contributed by atoms with Gasteiger partial charge in [0.15, 0.2) is 11.6 Å². The molecule has 1 aliphatic carbocycles. The van der Waals surface area contributed by atoms with E-state index in [0.717, 1.165) is 25.1 Å². The van der Waals surface area contributed by atoms with Gasteiger partial charge >= 0.3 is 0 Å². The Balaban J connectivity index is 2.09. The van der Waals surface area contributed by atoms with E-state index in [0.29, 0.717) is 23.7 Å². The molecule has 2 N–H and O–H groups in total. The minimum Gasteiger partial charge on any atom is -0.490 e. The quantitative estimate of drug-likeness (QED) is 0.828. The van der Waals surface area contributed by atoms with Crippen molar-refractivity contribution in [3.63, 3.8) is 0 Å². The molecular formula is C12H20N4O2. The third-order valence-corrected chi connectivity index (χ3v) is 3.30. The molecule has 100 valence electrons. The summed E-state index contributed by atoms with van der Waals surface area (Å²) in [5.41, 5.74) is 0. The Morgan fingerprint density at radius 1 is 1.22 bits per heavy atom. The summed E-state index contributed by atoms with van der Waals surface area (Å²) >= 11 is 0. The van der Waals surface area contributed by atoms with Gasteiger partial charge in [-0.3, -0.25) is 0 Å². The lowest BCUT2D eigenvalue weighted by atomic mass is 10.2. The van der Waals surface area contributed by atoms with Crippen molar-refractivity contribution in [2.24, 2.45) is 0 Å². The van der Waals surface area contributed by atoms with Gasteiger partial charge in [0.1, 0.15) is 6.33 Å². The van der Waals surface area contributed by atoms with E-state index in [1.807, 2.05) is 7.05 Å². The van der Waals surface area contributed by atoms with Gasteiger partial charge in [0, 0.05) is 20.2 Å². The number of rotatable bonds is 5. The predicted octanol–water partition coefficient (Wildman–Crippen LogP) is 1.51. The monoisotopic (exact) mass is 252 g/mol. The second-order valence-electron chi connectivity index (χ2n) is 4.37. The zero-order chi connectivity index (χ0) is 13.0. The van der Waals surface area contributed by atoms with Crippen molar-refractivity contribution in [3.05, 3.63) is 6.33 Å². The van der Waals surface area contributed by atoms with Gasteiger partial charge in [-0.25, -0.2) is 9.97 Å². The summed E-state index contributed by atoms with van der Waals surface area (Å²) in [7, 11) is 5.19. The van der Waals surface area contributed by atoms with E-state index >= 15 is 0 Å². The van der Waals surface area contributed by atoms with E-state index < -0.39 is 0 Å². The number of anilines is 2. The van der Waals surface area contributed by atoms with Gasteiger partial charge in [-0.2, -0.15) is 0 Å². The highest BCUT2D eigenvalue weighted by Crippen LogP contribution is 2.31. The van der Waals surface area contributed by atoms with Gasteiger partial charge < -0.3 is 20.1 Å².